The normalized spacial score (nSPS) is 23.3. The Morgan fingerprint density at radius 2 is 1.03 bits per heavy atom. The molecule has 0 radical (unpaired) electrons. The summed E-state index contributed by atoms with van der Waals surface area (Å²) < 4.78 is 0. The van der Waals surface area contributed by atoms with E-state index < -0.39 is 0 Å². The fourth-order valence-corrected chi connectivity index (χ4v) is 6.44. The smallest absolute Gasteiger partial charge is 0.136 e. The van der Waals surface area contributed by atoms with Crippen LogP contribution in [-0.4, -0.2) is 40.5 Å². The quantitative estimate of drug-likeness (QED) is 0.257. The maximum atomic E-state index is 11.3. The Hall–Kier alpha value is -0.450. The first-order valence-electron chi connectivity index (χ1n) is 14.5. The van der Waals surface area contributed by atoms with E-state index in [4.69, 9.17) is 0 Å². The van der Waals surface area contributed by atoms with Gasteiger partial charge in [0.25, 0.3) is 0 Å². The lowest BCUT2D eigenvalue weighted by atomic mass is 9.79. The van der Waals surface area contributed by atoms with Crippen LogP contribution in [0.15, 0.2) is 0 Å². The third kappa shape index (κ3) is 14.8. The fourth-order valence-electron chi connectivity index (χ4n) is 6.44. The highest BCUT2D eigenvalue weighted by atomic mass is 16.1. The van der Waals surface area contributed by atoms with Gasteiger partial charge in [-0.2, -0.15) is 0 Å². The van der Waals surface area contributed by atoms with Gasteiger partial charge in [0.1, 0.15) is 5.78 Å². The average molecular weight is 480 g/mol. The fraction of sp³-hybridized carbons (Fsp3) is 0.967. The molecule has 0 aromatic carbocycles. The Morgan fingerprint density at radius 1 is 0.647 bits per heavy atom. The van der Waals surface area contributed by atoms with E-state index in [1.807, 2.05) is 0 Å². The van der Waals surface area contributed by atoms with Crippen molar-refractivity contribution in [1.29, 1.82) is 0 Å². The number of rotatable bonds is 12. The molecule has 0 bridgehead atoms. The number of carbonyl (C=O) groups is 1. The monoisotopic (exact) mass is 479 g/mol. The molecule has 0 unspecified atom stereocenters. The van der Waals surface area contributed by atoms with Crippen molar-refractivity contribution in [2.24, 2.45) is 0 Å². The number of carbonyl (C=O) groups excluding carboxylic acids is 1. The lowest BCUT2D eigenvalue weighted by Crippen LogP contribution is -2.61. The molecule has 3 N–H and O–H groups in total. The Bertz CT molecular complexity index is 546. The number of ketones is 1. The van der Waals surface area contributed by atoms with Crippen LogP contribution in [0.1, 0.15) is 152 Å². The van der Waals surface area contributed by atoms with Crippen molar-refractivity contribution in [3.05, 3.63) is 0 Å². The van der Waals surface area contributed by atoms with Gasteiger partial charge in [-0.1, -0.05) is 64.7 Å². The van der Waals surface area contributed by atoms with Gasteiger partial charge in [0.15, 0.2) is 0 Å². The second-order valence-corrected chi connectivity index (χ2v) is 13.9. The van der Waals surface area contributed by atoms with E-state index in [2.05, 4.69) is 78.3 Å². The predicted octanol–water partition coefficient (Wildman–Crippen LogP) is 7.30. The van der Waals surface area contributed by atoms with Crippen LogP contribution in [0.25, 0.3) is 0 Å². The van der Waals surface area contributed by atoms with Crippen LogP contribution in [0.2, 0.25) is 0 Å². The third-order valence-electron chi connectivity index (χ3n) is 7.11. The minimum atomic E-state index is -0.0150. The van der Waals surface area contributed by atoms with E-state index >= 15 is 0 Å². The number of nitrogens with one attached hydrogen (secondary N) is 3. The van der Waals surface area contributed by atoms with Crippen molar-refractivity contribution in [2.45, 2.75) is 180 Å². The second kappa shape index (κ2) is 14.3. The first-order chi connectivity index (χ1) is 15.7. The highest BCUT2D eigenvalue weighted by Crippen LogP contribution is 2.28. The van der Waals surface area contributed by atoms with Crippen LogP contribution in [0, 0.1) is 0 Å². The van der Waals surface area contributed by atoms with Gasteiger partial charge in [0.2, 0.25) is 0 Å². The third-order valence-corrected chi connectivity index (χ3v) is 7.11. The molecule has 202 valence electrons. The summed E-state index contributed by atoms with van der Waals surface area (Å²) in [6, 6.07) is 0.680. The summed E-state index contributed by atoms with van der Waals surface area (Å²) in [7, 11) is 0. The number of hydrogen-bond donors (Lipinski definition) is 3. The van der Waals surface area contributed by atoms with E-state index in [1.165, 1.54) is 83.6 Å². The molecule has 0 aromatic rings. The summed E-state index contributed by atoms with van der Waals surface area (Å²) in [5, 5.41) is 11.0. The van der Waals surface area contributed by atoms with Crippen LogP contribution in [0.5, 0.6) is 0 Å². The Labute approximate surface area is 213 Å². The van der Waals surface area contributed by atoms with Crippen LogP contribution in [0.4, 0.5) is 0 Å². The first-order valence-corrected chi connectivity index (χ1v) is 14.5. The molecular weight excluding hydrogens is 418 g/mol. The lowest BCUT2D eigenvalue weighted by Gasteiger charge is -2.46. The summed E-state index contributed by atoms with van der Waals surface area (Å²) in [6.07, 6.45) is 18.0. The Balaban J connectivity index is 0.000000437. The largest absolute Gasteiger partial charge is 0.314 e. The average Bonchev–Trinajstić information content (AvgIpc) is 2.61. The zero-order valence-corrected chi connectivity index (χ0v) is 24.6. The molecule has 2 aliphatic heterocycles. The highest BCUT2D eigenvalue weighted by Gasteiger charge is 2.37. The molecule has 2 rings (SSSR count). The highest BCUT2D eigenvalue weighted by molar-refractivity contribution is 5.81. The maximum Gasteiger partial charge on any atom is 0.136 e. The van der Waals surface area contributed by atoms with E-state index in [0.717, 1.165) is 0 Å². The molecule has 4 nitrogen and oxygen atoms in total. The van der Waals surface area contributed by atoms with Crippen molar-refractivity contribution in [2.75, 3.05) is 6.54 Å². The van der Waals surface area contributed by atoms with Crippen LogP contribution >= 0.6 is 0 Å². The molecule has 0 saturated carbocycles. The predicted molar refractivity (Wildman–Crippen MR) is 150 cm³/mol. The molecule has 2 heterocycles. The van der Waals surface area contributed by atoms with Gasteiger partial charge in [0, 0.05) is 41.0 Å². The SMILES string of the molecule is CC1(C)CC(=O)CC(C)(C)N1.CCCCCCCCCCCCNC1CC(C)(C)NC(C)(C)C1. The van der Waals surface area contributed by atoms with Gasteiger partial charge in [-0.3, -0.25) is 4.79 Å². The van der Waals surface area contributed by atoms with E-state index in [9.17, 15) is 4.79 Å². The van der Waals surface area contributed by atoms with Crippen LogP contribution < -0.4 is 16.0 Å². The van der Waals surface area contributed by atoms with Crippen LogP contribution in [-0.2, 0) is 4.79 Å². The summed E-state index contributed by atoms with van der Waals surface area (Å²) in [5.74, 6) is 0.374. The molecular formula is C30H61N3O. The molecule has 2 fully saturated rings. The molecule has 0 aliphatic carbocycles. The Kier molecular flexibility index (Phi) is 13.3. The second-order valence-electron chi connectivity index (χ2n) is 13.9. The number of hydrogen-bond acceptors (Lipinski definition) is 4. The minimum absolute atomic E-state index is 0.0150. The van der Waals surface area contributed by atoms with Crippen molar-refractivity contribution >= 4 is 5.78 Å². The number of piperidine rings is 2. The van der Waals surface area contributed by atoms with E-state index in [-0.39, 0.29) is 22.2 Å². The minimum Gasteiger partial charge on any atom is -0.314 e. The van der Waals surface area contributed by atoms with Crippen LogP contribution in [0.3, 0.4) is 0 Å². The number of unbranched alkanes of at least 4 members (excludes halogenated alkanes) is 9. The molecule has 0 atom stereocenters. The van der Waals surface area contributed by atoms with Gasteiger partial charge >= 0.3 is 0 Å². The standard InChI is InChI=1S/C21H44N2.C9H17NO/c1-6-7-8-9-10-11-12-13-14-15-16-22-19-17-20(2,3)23-21(4,5)18-19;1-8(2)5-7(11)6-9(3,4)10-8/h19,22-23H,6-18H2,1-5H3;10H,5-6H2,1-4H3. The summed E-state index contributed by atoms with van der Waals surface area (Å²) in [6.45, 7) is 21.1. The van der Waals surface area contributed by atoms with E-state index in [1.54, 1.807) is 0 Å². The molecule has 0 aromatic heterocycles. The molecule has 34 heavy (non-hydrogen) atoms. The summed E-state index contributed by atoms with van der Waals surface area (Å²) in [5.41, 5.74) is 0.492. The lowest BCUT2D eigenvalue weighted by molar-refractivity contribution is -0.124. The first kappa shape index (κ1) is 31.6. The van der Waals surface area contributed by atoms with Gasteiger partial charge in [-0.25, -0.2) is 0 Å². The number of Topliss-reactive ketones (excluding diaryl/α,β-unsaturated/α-hetero) is 1. The zero-order chi connectivity index (χ0) is 25.9. The molecule has 0 spiro atoms. The molecule has 2 aliphatic rings. The van der Waals surface area contributed by atoms with Crippen molar-refractivity contribution < 1.29 is 4.79 Å². The molecule has 2 saturated heterocycles. The van der Waals surface area contributed by atoms with Gasteiger partial charge in [0.05, 0.1) is 0 Å². The Morgan fingerprint density at radius 3 is 1.44 bits per heavy atom. The van der Waals surface area contributed by atoms with Gasteiger partial charge < -0.3 is 16.0 Å². The summed E-state index contributed by atoms with van der Waals surface area (Å²) in [4.78, 5) is 11.3. The van der Waals surface area contributed by atoms with Crippen molar-refractivity contribution in [1.82, 2.24) is 16.0 Å². The van der Waals surface area contributed by atoms with Crippen molar-refractivity contribution in [3.8, 4) is 0 Å². The van der Waals surface area contributed by atoms with Crippen molar-refractivity contribution in [3.63, 3.8) is 0 Å². The zero-order valence-electron chi connectivity index (χ0n) is 24.6. The van der Waals surface area contributed by atoms with Gasteiger partial charge in [-0.05, 0) is 81.2 Å². The summed E-state index contributed by atoms with van der Waals surface area (Å²) >= 11 is 0. The van der Waals surface area contributed by atoms with E-state index in [0.29, 0.717) is 24.7 Å². The van der Waals surface area contributed by atoms with Gasteiger partial charge in [-0.15, -0.1) is 0 Å². The maximum absolute atomic E-state index is 11.3. The molecule has 0 amide bonds. The molecule has 4 heteroatoms. The topological polar surface area (TPSA) is 53.2 Å².